The van der Waals surface area contributed by atoms with E-state index in [4.69, 9.17) is 15.4 Å². The molecule has 1 saturated carbocycles. The zero-order chi connectivity index (χ0) is 14.2. The molecule has 0 spiro atoms. The molecule has 0 aromatic carbocycles. The molecular weight excluding hydrogens is 290 g/mol. The predicted molar refractivity (Wildman–Crippen MR) is 70.9 cm³/mol. The van der Waals surface area contributed by atoms with Gasteiger partial charge in [0.15, 0.2) is 0 Å². The van der Waals surface area contributed by atoms with E-state index in [-0.39, 0.29) is 22.5 Å². The van der Waals surface area contributed by atoms with E-state index in [1.807, 2.05) is 13.8 Å². The summed E-state index contributed by atoms with van der Waals surface area (Å²) < 4.78 is 29.4. The molecule has 1 aromatic rings. The highest BCUT2D eigenvalue weighted by Gasteiger charge is 2.30. The first-order valence-electron chi connectivity index (χ1n) is 6.12. The maximum Gasteiger partial charge on any atom is 0.355 e. The fourth-order valence-electron chi connectivity index (χ4n) is 1.72. The maximum absolute atomic E-state index is 12.0. The van der Waals surface area contributed by atoms with Crippen LogP contribution in [0.4, 0.5) is 0 Å². The Labute approximate surface area is 116 Å². The molecule has 0 unspecified atom stereocenters. The maximum atomic E-state index is 12.0. The molecule has 106 valence electrons. The molecule has 0 aliphatic heterocycles. The van der Waals surface area contributed by atoms with Crippen molar-refractivity contribution in [1.82, 2.24) is 4.57 Å². The van der Waals surface area contributed by atoms with Gasteiger partial charge in [0.25, 0.3) is 9.05 Å². The fourth-order valence-corrected chi connectivity index (χ4v) is 2.47. The molecule has 0 amide bonds. The molecule has 1 fully saturated rings. The second-order valence-corrected chi connectivity index (χ2v) is 7.70. The Bertz CT molecular complexity index is 587. The molecule has 0 bridgehead atoms. The lowest BCUT2D eigenvalue weighted by molar-refractivity contribution is 0.0446. The van der Waals surface area contributed by atoms with Gasteiger partial charge in [-0.2, -0.15) is 0 Å². The van der Waals surface area contributed by atoms with Gasteiger partial charge in [-0.25, -0.2) is 13.2 Å². The zero-order valence-electron chi connectivity index (χ0n) is 10.8. The lowest BCUT2D eigenvalue weighted by Gasteiger charge is -2.09. The number of ether oxygens (including phenoxy) is 1. The van der Waals surface area contributed by atoms with Crippen LogP contribution in [0, 0.1) is 5.92 Å². The number of hydrogen-bond acceptors (Lipinski definition) is 4. The monoisotopic (exact) mass is 305 g/mol. The summed E-state index contributed by atoms with van der Waals surface area (Å²) in [6.45, 7) is 4.17. The Balaban J connectivity index is 2.28. The van der Waals surface area contributed by atoms with Crippen LogP contribution in [0.2, 0.25) is 0 Å². The quantitative estimate of drug-likeness (QED) is 0.619. The topological polar surface area (TPSA) is 65.4 Å². The second kappa shape index (κ2) is 5.17. The molecule has 5 nitrogen and oxygen atoms in total. The standard InChI is InChI=1S/C12H16ClNO4S/c1-8(2)7-18-12(15)11-5-10(19(13,16)17)6-14(11)9-3-4-9/h5-6,8-9H,3-4,7H2,1-2H3. The van der Waals surface area contributed by atoms with Crippen molar-refractivity contribution in [2.75, 3.05) is 6.61 Å². The minimum absolute atomic E-state index is 0.0578. The van der Waals surface area contributed by atoms with Gasteiger partial charge < -0.3 is 9.30 Å². The number of nitrogens with zero attached hydrogens (tertiary/aromatic N) is 1. The molecule has 1 aliphatic carbocycles. The highest BCUT2D eigenvalue weighted by molar-refractivity contribution is 8.13. The summed E-state index contributed by atoms with van der Waals surface area (Å²) in [5.41, 5.74) is 0.252. The van der Waals surface area contributed by atoms with E-state index < -0.39 is 15.0 Å². The van der Waals surface area contributed by atoms with Crippen LogP contribution in [0.15, 0.2) is 17.2 Å². The van der Waals surface area contributed by atoms with Crippen molar-refractivity contribution >= 4 is 25.7 Å². The first-order chi connectivity index (χ1) is 8.79. The smallest absolute Gasteiger partial charge is 0.355 e. The van der Waals surface area contributed by atoms with Crippen LogP contribution in [0.25, 0.3) is 0 Å². The van der Waals surface area contributed by atoms with Gasteiger partial charge in [-0.1, -0.05) is 13.8 Å². The number of aromatic nitrogens is 1. The molecule has 1 aliphatic rings. The lowest BCUT2D eigenvalue weighted by atomic mass is 10.2. The molecule has 7 heteroatoms. The number of hydrogen-bond donors (Lipinski definition) is 0. The molecule has 1 aromatic heterocycles. The van der Waals surface area contributed by atoms with E-state index >= 15 is 0 Å². The number of halogens is 1. The summed E-state index contributed by atoms with van der Waals surface area (Å²) >= 11 is 0. The van der Waals surface area contributed by atoms with Crippen LogP contribution >= 0.6 is 10.7 Å². The highest BCUT2D eigenvalue weighted by Crippen LogP contribution is 2.37. The van der Waals surface area contributed by atoms with Crippen molar-refractivity contribution in [2.24, 2.45) is 5.92 Å². The van der Waals surface area contributed by atoms with Gasteiger partial charge in [0.2, 0.25) is 0 Å². The summed E-state index contributed by atoms with van der Waals surface area (Å²) in [6.07, 6.45) is 3.27. The van der Waals surface area contributed by atoms with Crippen molar-refractivity contribution in [3.8, 4) is 0 Å². The number of carbonyl (C=O) groups is 1. The zero-order valence-corrected chi connectivity index (χ0v) is 12.4. The average Bonchev–Trinajstić information content (AvgIpc) is 3.03. The van der Waals surface area contributed by atoms with Crippen LogP contribution in [0.3, 0.4) is 0 Å². The lowest BCUT2D eigenvalue weighted by Crippen LogP contribution is -2.14. The first kappa shape index (κ1) is 14.4. The van der Waals surface area contributed by atoms with E-state index in [1.165, 1.54) is 12.3 Å². The summed E-state index contributed by atoms with van der Waals surface area (Å²) in [5.74, 6) is -0.281. The van der Waals surface area contributed by atoms with Crippen molar-refractivity contribution in [1.29, 1.82) is 0 Å². The molecule has 0 atom stereocenters. The van der Waals surface area contributed by atoms with Gasteiger partial charge in [0.1, 0.15) is 10.6 Å². The molecular formula is C12H16ClNO4S. The van der Waals surface area contributed by atoms with E-state index in [0.29, 0.717) is 6.61 Å². The largest absolute Gasteiger partial charge is 0.461 e. The van der Waals surface area contributed by atoms with Gasteiger partial charge in [0.05, 0.1) is 6.61 Å². The van der Waals surface area contributed by atoms with Gasteiger partial charge >= 0.3 is 5.97 Å². The van der Waals surface area contributed by atoms with Crippen LogP contribution in [-0.4, -0.2) is 25.6 Å². The van der Waals surface area contributed by atoms with E-state index in [9.17, 15) is 13.2 Å². The van der Waals surface area contributed by atoms with Crippen LogP contribution < -0.4 is 0 Å². The summed E-state index contributed by atoms with van der Waals surface area (Å²) in [4.78, 5) is 11.9. The predicted octanol–water partition coefficient (Wildman–Crippen LogP) is 2.56. The van der Waals surface area contributed by atoms with E-state index in [0.717, 1.165) is 12.8 Å². The van der Waals surface area contributed by atoms with Crippen molar-refractivity contribution in [2.45, 2.75) is 37.6 Å². The highest BCUT2D eigenvalue weighted by atomic mass is 35.7. The third-order valence-corrected chi connectivity index (χ3v) is 4.12. The number of rotatable bonds is 5. The fraction of sp³-hybridized carbons (Fsp3) is 0.583. The Morgan fingerprint density at radius 1 is 1.53 bits per heavy atom. The number of esters is 1. The van der Waals surface area contributed by atoms with Crippen molar-refractivity contribution in [3.63, 3.8) is 0 Å². The Morgan fingerprint density at radius 2 is 2.16 bits per heavy atom. The van der Waals surface area contributed by atoms with E-state index in [1.54, 1.807) is 4.57 Å². The summed E-state index contributed by atoms with van der Waals surface area (Å²) in [5, 5.41) is 0. The van der Waals surface area contributed by atoms with Crippen molar-refractivity contribution in [3.05, 3.63) is 18.0 Å². The number of carbonyl (C=O) groups excluding carboxylic acids is 1. The van der Waals surface area contributed by atoms with Crippen LogP contribution in [-0.2, 0) is 13.8 Å². The third-order valence-electron chi connectivity index (χ3n) is 2.80. The second-order valence-electron chi connectivity index (χ2n) is 5.13. The summed E-state index contributed by atoms with van der Waals surface area (Å²) in [7, 11) is 1.48. The molecule has 0 radical (unpaired) electrons. The minimum Gasteiger partial charge on any atom is -0.461 e. The van der Waals surface area contributed by atoms with Gasteiger partial charge in [0, 0.05) is 22.9 Å². The third kappa shape index (κ3) is 3.51. The normalized spacial score (nSPS) is 15.8. The summed E-state index contributed by atoms with van der Waals surface area (Å²) in [6, 6.07) is 1.46. The first-order valence-corrected chi connectivity index (χ1v) is 8.43. The molecule has 19 heavy (non-hydrogen) atoms. The minimum atomic E-state index is -3.83. The Hall–Kier alpha value is -1.01. The molecule has 0 saturated heterocycles. The van der Waals surface area contributed by atoms with Gasteiger partial charge in [-0.3, -0.25) is 0 Å². The molecule has 1 heterocycles. The molecule has 0 N–H and O–H groups in total. The van der Waals surface area contributed by atoms with Crippen LogP contribution in [0.1, 0.15) is 43.2 Å². The molecule has 2 rings (SSSR count). The average molecular weight is 306 g/mol. The SMILES string of the molecule is CC(C)COC(=O)c1cc(S(=O)(=O)Cl)cn1C1CC1. The van der Waals surface area contributed by atoms with Crippen molar-refractivity contribution < 1.29 is 17.9 Å². The van der Waals surface area contributed by atoms with Crippen LogP contribution in [0.5, 0.6) is 0 Å². The van der Waals surface area contributed by atoms with Gasteiger partial charge in [-0.05, 0) is 24.8 Å². The van der Waals surface area contributed by atoms with E-state index in [2.05, 4.69) is 0 Å². The Morgan fingerprint density at radius 3 is 2.63 bits per heavy atom. The van der Waals surface area contributed by atoms with Gasteiger partial charge in [-0.15, -0.1) is 0 Å². The Kier molecular flexibility index (Phi) is 3.92.